The van der Waals surface area contributed by atoms with Gasteiger partial charge in [-0.2, -0.15) is 5.26 Å². The van der Waals surface area contributed by atoms with E-state index in [0.717, 1.165) is 25.1 Å². The third-order valence-electron chi connectivity index (χ3n) is 4.76. The molecule has 0 bridgehead atoms. The van der Waals surface area contributed by atoms with E-state index in [-0.39, 0.29) is 17.9 Å². The minimum absolute atomic E-state index is 0.0577. The minimum Gasteiger partial charge on any atom is -0.360 e. The lowest BCUT2D eigenvalue weighted by Crippen LogP contribution is -2.55. The highest BCUT2D eigenvalue weighted by Crippen LogP contribution is 2.28. The van der Waals surface area contributed by atoms with Gasteiger partial charge in [0.1, 0.15) is 11.6 Å². The van der Waals surface area contributed by atoms with Crippen molar-refractivity contribution in [3.8, 4) is 6.07 Å². The van der Waals surface area contributed by atoms with Gasteiger partial charge in [-0.1, -0.05) is 32.0 Å². The quantitative estimate of drug-likeness (QED) is 0.930. The molecule has 118 valence electrons. The molecule has 0 aromatic heterocycles. The summed E-state index contributed by atoms with van der Waals surface area (Å²) in [5.74, 6) is -0.0308. The number of nitrogens with one attached hydrogen (secondary N) is 1. The van der Waals surface area contributed by atoms with Crippen LogP contribution in [0.4, 0.5) is 5.69 Å². The van der Waals surface area contributed by atoms with Crippen LogP contribution in [-0.2, 0) is 11.2 Å². The van der Waals surface area contributed by atoms with Gasteiger partial charge in [-0.25, -0.2) is 0 Å². The van der Waals surface area contributed by atoms with E-state index in [9.17, 15) is 10.1 Å². The van der Waals surface area contributed by atoms with Gasteiger partial charge in [0.05, 0.1) is 6.07 Å². The van der Waals surface area contributed by atoms with E-state index < -0.39 is 5.54 Å². The van der Waals surface area contributed by atoms with Crippen molar-refractivity contribution >= 4 is 11.6 Å². The van der Waals surface area contributed by atoms with Gasteiger partial charge in [0.15, 0.2) is 0 Å². The Bertz CT molecular complexity index is 590. The number of hydrogen-bond acceptors (Lipinski definition) is 3. The summed E-state index contributed by atoms with van der Waals surface area (Å²) in [6.45, 7) is 8.47. The van der Waals surface area contributed by atoms with E-state index in [4.69, 9.17) is 0 Å². The second-order valence-corrected chi connectivity index (χ2v) is 6.56. The molecule has 1 aliphatic rings. The maximum Gasteiger partial charge on any atom is 0.243 e. The van der Waals surface area contributed by atoms with Gasteiger partial charge in [-0.15, -0.1) is 0 Å². The Morgan fingerprint density at radius 1 is 1.36 bits per heavy atom. The molecule has 1 heterocycles. The van der Waals surface area contributed by atoms with Crippen molar-refractivity contribution in [3.63, 3.8) is 0 Å². The van der Waals surface area contributed by atoms with Crippen LogP contribution in [0.2, 0.25) is 0 Å². The number of carbonyl (C=O) groups excluding carboxylic acids is 1. The Kier molecular flexibility index (Phi) is 4.75. The number of hydrogen-bond donors (Lipinski definition) is 1. The molecule has 2 rings (SSSR count). The van der Waals surface area contributed by atoms with Gasteiger partial charge in [-0.3, -0.25) is 4.79 Å². The fraction of sp³-hybridized carbons (Fsp3) is 0.556. The molecule has 0 fully saturated rings. The summed E-state index contributed by atoms with van der Waals surface area (Å²) < 4.78 is 0. The van der Waals surface area contributed by atoms with E-state index in [1.54, 1.807) is 6.92 Å². The summed E-state index contributed by atoms with van der Waals surface area (Å²) in [5.41, 5.74) is 1.60. The van der Waals surface area contributed by atoms with Crippen molar-refractivity contribution in [2.75, 3.05) is 11.4 Å². The SMILES string of the molecule is CC(C)[C@@](C)(C#N)NC(=O)[C@@H](C)N1CCCc2ccccc21. The molecule has 0 saturated carbocycles. The number of benzene rings is 1. The van der Waals surface area contributed by atoms with Gasteiger partial charge in [0.2, 0.25) is 5.91 Å². The van der Waals surface area contributed by atoms with E-state index >= 15 is 0 Å². The summed E-state index contributed by atoms with van der Waals surface area (Å²) in [6.07, 6.45) is 2.11. The van der Waals surface area contributed by atoms with Crippen molar-refractivity contribution in [2.24, 2.45) is 5.92 Å². The van der Waals surface area contributed by atoms with Crippen molar-refractivity contribution < 1.29 is 4.79 Å². The highest BCUT2D eigenvalue weighted by atomic mass is 16.2. The first kappa shape index (κ1) is 16.4. The average molecular weight is 299 g/mol. The molecule has 0 aliphatic carbocycles. The maximum absolute atomic E-state index is 12.6. The zero-order valence-electron chi connectivity index (χ0n) is 13.9. The molecule has 0 radical (unpaired) electrons. The molecule has 0 spiro atoms. The number of nitrogens with zero attached hydrogens (tertiary/aromatic N) is 2. The number of carbonyl (C=O) groups is 1. The van der Waals surface area contributed by atoms with E-state index in [1.165, 1.54) is 5.56 Å². The van der Waals surface area contributed by atoms with Crippen LogP contribution in [0.1, 0.15) is 39.7 Å². The monoisotopic (exact) mass is 299 g/mol. The third-order valence-corrected chi connectivity index (χ3v) is 4.76. The van der Waals surface area contributed by atoms with Crippen LogP contribution in [0.15, 0.2) is 24.3 Å². The van der Waals surface area contributed by atoms with Crippen molar-refractivity contribution in [1.29, 1.82) is 5.26 Å². The molecule has 1 aromatic rings. The van der Waals surface area contributed by atoms with Gasteiger partial charge in [0.25, 0.3) is 0 Å². The number of nitriles is 1. The largest absolute Gasteiger partial charge is 0.360 e. The van der Waals surface area contributed by atoms with E-state index in [2.05, 4.69) is 28.4 Å². The van der Waals surface area contributed by atoms with Gasteiger partial charge in [0, 0.05) is 12.2 Å². The Hall–Kier alpha value is -2.02. The van der Waals surface area contributed by atoms with Crippen LogP contribution in [0.3, 0.4) is 0 Å². The first-order valence-electron chi connectivity index (χ1n) is 7.97. The van der Waals surface area contributed by atoms with Crippen molar-refractivity contribution in [1.82, 2.24) is 5.32 Å². The lowest BCUT2D eigenvalue weighted by molar-refractivity contribution is -0.123. The van der Waals surface area contributed by atoms with E-state index in [0.29, 0.717) is 0 Å². The summed E-state index contributed by atoms with van der Waals surface area (Å²) in [4.78, 5) is 14.8. The molecule has 2 atom stereocenters. The number of para-hydroxylation sites is 1. The predicted molar refractivity (Wildman–Crippen MR) is 88.6 cm³/mol. The zero-order valence-corrected chi connectivity index (χ0v) is 13.9. The summed E-state index contributed by atoms with van der Waals surface area (Å²) in [5, 5.41) is 12.3. The average Bonchev–Trinajstić information content (AvgIpc) is 2.53. The molecule has 1 aliphatic heterocycles. The van der Waals surface area contributed by atoms with Gasteiger partial charge < -0.3 is 10.2 Å². The highest BCUT2D eigenvalue weighted by molar-refractivity contribution is 5.86. The molecule has 1 amide bonds. The van der Waals surface area contributed by atoms with Crippen LogP contribution in [0.5, 0.6) is 0 Å². The number of anilines is 1. The smallest absolute Gasteiger partial charge is 0.243 e. The highest BCUT2D eigenvalue weighted by Gasteiger charge is 2.34. The first-order chi connectivity index (χ1) is 10.4. The van der Waals surface area contributed by atoms with Crippen molar-refractivity contribution in [3.05, 3.63) is 29.8 Å². The Labute approximate surface area is 133 Å². The van der Waals surface area contributed by atoms with Crippen LogP contribution in [-0.4, -0.2) is 24.0 Å². The Balaban J connectivity index is 2.17. The van der Waals surface area contributed by atoms with Crippen LogP contribution < -0.4 is 10.2 Å². The fourth-order valence-corrected chi connectivity index (χ4v) is 2.77. The number of amides is 1. The number of aryl methyl sites for hydroxylation is 1. The molecule has 1 aromatic carbocycles. The lowest BCUT2D eigenvalue weighted by Gasteiger charge is -2.37. The molecule has 0 saturated heterocycles. The van der Waals surface area contributed by atoms with E-state index in [1.807, 2.05) is 32.9 Å². The second-order valence-electron chi connectivity index (χ2n) is 6.56. The van der Waals surface area contributed by atoms with Crippen LogP contribution in [0.25, 0.3) is 0 Å². The Morgan fingerprint density at radius 2 is 2.05 bits per heavy atom. The minimum atomic E-state index is -0.833. The van der Waals surface area contributed by atoms with Gasteiger partial charge >= 0.3 is 0 Å². The number of rotatable bonds is 4. The predicted octanol–water partition coefficient (Wildman–Crippen LogP) is 2.88. The normalized spacial score (nSPS) is 18.1. The Morgan fingerprint density at radius 3 is 2.68 bits per heavy atom. The second kappa shape index (κ2) is 6.39. The van der Waals surface area contributed by atoms with Crippen LogP contribution >= 0.6 is 0 Å². The molecule has 4 heteroatoms. The topological polar surface area (TPSA) is 56.1 Å². The summed E-state index contributed by atoms with van der Waals surface area (Å²) >= 11 is 0. The summed E-state index contributed by atoms with van der Waals surface area (Å²) in [6, 6.07) is 10.2. The maximum atomic E-state index is 12.6. The van der Waals surface area contributed by atoms with Crippen molar-refractivity contribution in [2.45, 2.75) is 52.1 Å². The standard InChI is InChI=1S/C18H25N3O/c1-13(2)18(4,12-19)20-17(22)14(3)21-11-7-9-15-8-5-6-10-16(15)21/h5-6,8,10,13-14H,7,9,11H2,1-4H3,(H,20,22)/t14-,18-/m1/s1. The van der Waals surface area contributed by atoms with Gasteiger partial charge in [-0.05, 0) is 44.2 Å². The third kappa shape index (κ3) is 3.09. The molecular formula is C18H25N3O. The van der Waals surface area contributed by atoms with Crippen LogP contribution in [0, 0.1) is 17.2 Å². The first-order valence-corrected chi connectivity index (χ1v) is 7.97. The number of fused-ring (bicyclic) bond motifs is 1. The lowest BCUT2D eigenvalue weighted by atomic mass is 9.89. The molecule has 0 unspecified atom stereocenters. The zero-order chi connectivity index (χ0) is 16.3. The molecule has 1 N–H and O–H groups in total. The molecule has 22 heavy (non-hydrogen) atoms. The summed E-state index contributed by atoms with van der Waals surface area (Å²) in [7, 11) is 0. The fourth-order valence-electron chi connectivity index (χ4n) is 2.77. The molecule has 4 nitrogen and oxygen atoms in total. The molecular weight excluding hydrogens is 274 g/mol.